The number of ether oxygens (including phenoxy) is 5. The molecule has 39 nitrogen and oxygen atoms in total. The van der Waals surface area contributed by atoms with Crippen molar-refractivity contribution in [2.24, 2.45) is 17.3 Å². The van der Waals surface area contributed by atoms with Crippen LogP contribution < -0.4 is 58.5 Å². The summed E-state index contributed by atoms with van der Waals surface area (Å²) < 4.78 is 24.5. The molecule has 4 saturated heterocycles. The third-order valence-electron chi connectivity index (χ3n) is 25.1. The fraction of sp³-hybridized carbons (Fsp3) is 0.417. The molecule has 10 aromatic heterocycles. The summed E-state index contributed by atoms with van der Waals surface area (Å²) in [6.45, 7) is 19.9. The molecule has 5 aliphatic rings. The van der Waals surface area contributed by atoms with E-state index in [1.807, 2.05) is 0 Å². The molecule has 742 valence electrons. The molecule has 0 amide bonds. The second-order valence-electron chi connectivity index (χ2n) is 36.2. The summed E-state index contributed by atoms with van der Waals surface area (Å²) in [6, 6.07) is 9.37. The molecule has 0 unspecified atom stereocenters. The minimum atomic E-state index is -0.439. The van der Waals surface area contributed by atoms with Crippen molar-refractivity contribution in [3.8, 4) is 61.7 Å². The number of pyridine rings is 5. The Kier molecular flexibility index (Phi) is 39.2. The predicted octanol–water partition coefficient (Wildman–Crippen LogP) is 13.4. The smallest absolute Gasteiger partial charge is 0.341 e. The standard InChI is InChI=1S/C23H30N6O2.C21H25N5O2.2C20H24N6O2.C19H22N6O2/c1-8-15-12-25-20(14-24-15)28-19-9-18(17(13-26-19)21(30)31-7)27-16-10-22(2,3)29(6)23(4,5)11-16;1-4-15-11-23-19(13-22-15)26-18-10-17(16(12-24-18)20(27)28-3)25-14-21(2)8-6-5-7-9-21;1-4-15-11-23-19(13-21-15)25-18-9-17(16(12-24-18)20(27)28-3)22-10-14-5-7-26(2)8-6-14;1-3-15-11-24-19(13-23-15)26-18-10-17(16(12-25-18)20(27)28-2)22-9-6-14-4-7-21-8-5-14;1-4-13-10-21-18(12-20-13)24-17-9-16(15(11-22-17)19(26)27-3)23-14-5-7-25(2)8-6-14/h1,9,12-14,16H,10-11H2,2-7H3,(H2,25,26,27,28);1,10-13H,5-9,14H2,2-3H3,(H2,23,24,25,26);1,9,11-14H,5-8,10H2,2-3H3,(H2,22,23,24,25);1,10-14,21H,4-9H2,2H3,(H2,22,24,25,26);1,9-12,14H,5-8H2,2-3H3,(H2,21,22,23,24). The van der Waals surface area contributed by atoms with E-state index in [-0.39, 0.29) is 28.6 Å². The highest BCUT2D eigenvalue weighted by atomic mass is 16.5. The minimum absolute atomic E-state index is 0.00726. The monoisotopic (exact) mass is 1930 g/mol. The van der Waals surface area contributed by atoms with Crippen molar-refractivity contribution in [2.75, 3.05) is 169 Å². The summed E-state index contributed by atoms with van der Waals surface area (Å²) in [6.07, 6.45) is 64.9. The maximum absolute atomic E-state index is 12.4. The Bertz CT molecular complexity index is 6100. The number of aromatic nitrogens is 15. The molecule has 11 N–H and O–H groups in total. The number of hydrogen-bond donors (Lipinski definition) is 11. The van der Waals surface area contributed by atoms with Crippen LogP contribution >= 0.6 is 0 Å². The molecule has 1 aliphatic carbocycles. The molecular weight excluding hydrogens is 1800 g/mol. The summed E-state index contributed by atoms with van der Waals surface area (Å²) in [5.74, 6) is 16.5. The van der Waals surface area contributed by atoms with E-state index >= 15 is 0 Å². The van der Waals surface area contributed by atoms with Gasteiger partial charge in [0.05, 0.1) is 126 Å². The van der Waals surface area contributed by atoms with Crippen LogP contribution in [0.4, 0.5) is 86.6 Å². The van der Waals surface area contributed by atoms with E-state index in [4.69, 9.17) is 55.8 Å². The molecule has 15 rings (SSSR count). The van der Waals surface area contributed by atoms with E-state index in [1.165, 1.54) is 161 Å². The quantitative estimate of drug-likeness (QED) is 0.0118. The van der Waals surface area contributed by atoms with Gasteiger partial charge in [-0.1, -0.05) is 26.2 Å². The number of nitrogens with zero attached hydrogens (tertiary/aromatic N) is 18. The van der Waals surface area contributed by atoms with Gasteiger partial charge in [0.2, 0.25) is 0 Å². The van der Waals surface area contributed by atoms with Gasteiger partial charge in [-0.3, -0.25) is 4.90 Å². The number of rotatable bonds is 29. The molecule has 1 saturated carbocycles. The number of methoxy groups -OCH3 is 5. The van der Waals surface area contributed by atoms with Crippen LogP contribution in [0.1, 0.15) is 205 Å². The number of nitrogens with one attached hydrogen (secondary N) is 11. The number of hydrogen-bond acceptors (Lipinski definition) is 39. The van der Waals surface area contributed by atoms with Crippen molar-refractivity contribution < 1.29 is 47.7 Å². The lowest BCUT2D eigenvalue weighted by atomic mass is 9.75. The van der Waals surface area contributed by atoms with Gasteiger partial charge in [0.15, 0.2) is 0 Å². The van der Waals surface area contributed by atoms with Gasteiger partial charge in [-0.15, -0.1) is 32.1 Å². The molecule has 0 aromatic carbocycles. The average molecular weight is 1930 g/mol. The molecule has 142 heavy (non-hydrogen) atoms. The number of esters is 5. The lowest BCUT2D eigenvalue weighted by molar-refractivity contribution is -0.00770. The molecule has 0 radical (unpaired) electrons. The molecule has 10 aromatic rings. The first-order chi connectivity index (χ1) is 68.4. The van der Waals surface area contributed by atoms with Crippen LogP contribution in [0.5, 0.6) is 0 Å². The van der Waals surface area contributed by atoms with Gasteiger partial charge in [0.25, 0.3) is 0 Å². The second kappa shape index (κ2) is 52.2. The van der Waals surface area contributed by atoms with E-state index in [0.29, 0.717) is 155 Å². The van der Waals surface area contributed by atoms with Gasteiger partial charge in [0, 0.05) is 104 Å². The first kappa shape index (κ1) is 107. The van der Waals surface area contributed by atoms with Gasteiger partial charge in [-0.2, -0.15) is 0 Å². The zero-order valence-corrected chi connectivity index (χ0v) is 82.6. The zero-order chi connectivity index (χ0) is 102. The Labute approximate surface area is 829 Å². The van der Waals surface area contributed by atoms with Crippen LogP contribution in [0.25, 0.3) is 0 Å². The summed E-state index contributed by atoms with van der Waals surface area (Å²) in [4.78, 5) is 131. The van der Waals surface area contributed by atoms with Crippen molar-refractivity contribution in [1.82, 2.24) is 94.8 Å². The molecule has 5 fully saturated rings. The van der Waals surface area contributed by atoms with Gasteiger partial charge >= 0.3 is 29.8 Å². The fourth-order valence-electron chi connectivity index (χ4n) is 16.7. The van der Waals surface area contributed by atoms with Crippen LogP contribution in [0.2, 0.25) is 0 Å². The van der Waals surface area contributed by atoms with E-state index in [9.17, 15) is 24.0 Å². The molecule has 0 spiro atoms. The van der Waals surface area contributed by atoms with Crippen LogP contribution in [0.3, 0.4) is 0 Å². The van der Waals surface area contributed by atoms with Crippen LogP contribution in [0.15, 0.2) is 123 Å². The summed E-state index contributed by atoms with van der Waals surface area (Å²) in [5.41, 5.74) is 7.89. The van der Waals surface area contributed by atoms with Gasteiger partial charge < -0.3 is 92.0 Å². The third-order valence-corrected chi connectivity index (χ3v) is 25.1. The molecule has 39 heteroatoms. The number of piperidine rings is 4. The topological polar surface area (TPSA) is 467 Å². The maximum atomic E-state index is 12.4. The molecule has 14 heterocycles. The number of carbonyl (C=O) groups excluding carboxylic acids is 5. The maximum Gasteiger partial charge on any atom is 0.341 e. The van der Waals surface area contributed by atoms with Crippen LogP contribution in [-0.4, -0.2) is 258 Å². The van der Waals surface area contributed by atoms with Crippen molar-refractivity contribution >= 4 is 116 Å². The van der Waals surface area contributed by atoms with Crippen molar-refractivity contribution in [3.63, 3.8) is 0 Å². The lowest BCUT2D eigenvalue weighted by Crippen LogP contribution is -2.61. The highest BCUT2D eigenvalue weighted by Gasteiger charge is 2.43. The van der Waals surface area contributed by atoms with E-state index in [0.717, 1.165) is 104 Å². The molecule has 0 bridgehead atoms. The lowest BCUT2D eigenvalue weighted by Gasteiger charge is -2.54. The van der Waals surface area contributed by atoms with Gasteiger partial charge in [-0.25, -0.2) is 98.7 Å². The first-order valence-corrected chi connectivity index (χ1v) is 46.7. The van der Waals surface area contributed by atoms with E-state index in [1.54, 1.807) is 42.7 Å². The highest BCUT2D eigenvalue weighted by molar-refractivity contribution is 5.99. The first-order valence-electron chi connectivity index (χ1n) is 46.7. The Morgan fingerprint density at radius 2 is 0.655 bits per heavy atom. The third kappa shape index (κ3) is 31.6. The van der Waals surface area contributed by atoms with E-state index < -0.39 is 29.8 Å². The highest BCUT2D eigenvalue weighted by Crippen LogP contribution is 2.41. The zero-order valence-electron chi connectivity index (χ0n) is 82.6. The van der Waals surface area contributed by atoms with Crippen LogP contribution in [0, 0.1) is 79.0 Å². The predicted molar refractivity (Wildman–Crippen MR) is 548 cm³/mol. The van der Waals surface area contributed by atoms with Crippen molar-refractivity contribution in [3.05, 3.63) is 180 Å². The van der Waals surface area contributed by atoms with Gasteiger partial charge in [0.1, 0.15) is 114 Å². The second-order valence-corrected chi connectivity index (χ2v) is 36.2. The summed E-state index contributed by atoms with van der Waals surface area (Å²) in [5, 5.41) is 36.0. The summed E-state index contributed by atoms with van der Waals surface area (Å²) >= 11 is 0. The van der Waals surface area contributed by atoms with Crippen molar-refractivity contribution in [2.45, 2.75) is 148 Å². The number of carbonyl (C=O) groups is 5. The normalized spacial score (nSPS) is 15.5. The SMILES string of the molecule is C#Cc1cnc(Nc2cc(NC3CC(C)(C)N(C)C(C)(C)C3)c(C(=O)OC)cn2)cn1.C#Cc1cnc(Nc2cc(NC3CCN(C)CC3)c(C(=O)OC)cn2)cn1.C#Cc1cnc(Nc2cc(NCC3(C)CCCCC3)c(C(=O)OC)cn2)cn1.C#Cc1cnc(Nc2cc(NCC3CCN(C)CC3)c(C(=O)OC)cn2)cn1.C#Cc1cnc(Nc2cc(NCCC3CCNCC3)c(C(=O)OC)cn2)cn1. The largest absolute Gasteiger partial charge is 0.465 e. The van der Waals surface area contributed by atoms with Crippen LogP contribution in [-0.2, 0) is 23.7 Å². The average Bonchev–Trinajstić information content (AvgIpc) is 0.769. The number of likely N-dealkylation sites (tertiary alicyclic amines) is 3. The minimum Gasteiger partial charge on any atom is -0.465 e. The van der Waals surface area contributed by atoms with E-state index in [2.05, 4.69) is 233 Å². The Morgan fingerprint density at radius 1 is 0.359 bits per heavy atom. The Balaban J connectivity index is 0.000000170. The Morgan fingerprint density at radius 3 is 0.972 bits per heavy atom. The van der Waals surface area contributed by atoms with Gasteiger partial charge in [-0.05, 0) is 206 Å². The fourth-order valence-corrected chi connectivity index (χ4v) is 16.7. The van der Waals surface area contributed by atoms with Crippen molar-refractivity contribution in [1.29, 1.82) is 0 Å². The molecule has 0 atom stereocenters. The number of anilines is 15. The molecular formula is C103H125N29O10. The molecule has 4 aliphatic heterocycles. The Hall–Kier alpha value is -15.9. The number of terminal acetylenes is 5. The summed E-state index contributed by atoms with van der Waals surface area (Å²) in [7, 11) is 13.2.